The second-order valence-electron chi connectivity index (χ2n) is 3.66. The Morgan fingerprint density at radius 2 is 2.33 bits per heavy atom. The van der Waals surface area contributed by atoms with E-state index in [2.05, 4.69) is 10.4 Å². The molecule has 0 fully saturated rings. The quantitative estimate of drug-likeness (QED) is 0.679. The van der Waals surface area contributed by atoms with Crippen LogP contribution in [0.3, 0.4) is 0 Å². The minimum atomic E-state index is 0.319. The molecular formula is C11H19N3O. The van der Waals surface area contributed by atoms with Crippen LogP contribution in [0.2, 0.25) is 0 Å². The van der Waals surface area contributed by atoms with Gasteiger partial charge in [-0.2, -0.15) is 5.10 Å². The Labute approximate surface area is 90.7 Å². The number of carbonyl (C=O) groups is 1. The summed E-state index contributed by atoms with van der Waals surface area (Å²) in [4.78, 5) is 11.4. The summed E-state index contributed by atoms with van der Waals surface area (Å²) in [5, 5.41) is 7.21. The van der Waals surface area contributed by atoms with Gasteiger partial charge in [-0.25, -0.2) is 0 Å². The Hall–Kier alpha value is -1.16. The number of ketones is 1. The van der Waals surface area contributed by atoms with Gasteiger partial charge < -0.3 is 5.32 Å². The van der Waals surface area contributed by atoms with E-state index in [0.29, 0.717) is 18.6 Å². The minimum Gasteiger partial charge on any atom is -0.317 e. The van der Waals surface area contributed by atoms with Crippen molar-refractivity contribution in [2.45, 2.75) is 26.2 Å². The minimum absolute atomic E-state index is 0.319. The Morgan fingerprint density at radius 1 is 1.53 bits per heavy atom. The number of hydrogen-bond donors (Lipinski definition) is 1. The number of Topliss-reactive ketones (excluding diaryl/α,β-unsaturated/α-hetero) is 1. The lowest BCUT2D eigenvalue weighted by atomic mass is 10.1. The molecule has 84 valence electrons. The van der Waals surface area contributed by atoms with Crippen molar-refractivity contribution in [1.82, 2.24) is 15.1 Å². The number of carbonyl (C=O) groups excluding carboxylic acids is 1. The summed E-state index contributed by atoms with van der Waals surface area (Å²) in [7, 11) is 1.89. The molecule has 4 nitrogen and oxygen atoms in total. The fraction of sp³-hybridized carbons (Fsp3) is 0.636. The van der Waals surface area contributed by atoms with Crippen LogP contribution in [0.1, 0.15) is 25.3 Å². The lowest BCUT2D eigenvalue weighted by molar-refractivity contribution is -0.118. The second kappa shape index (κ2) is 6.35. The average molecular weight is 209 g/mol. The topological polar surface area (TPSA) is 46.9 Å². The molecule has 0 aliphatic rings. The largest absolute Gasteiger partial charge is 0.317 e. The molecule has 0 unspecified atom stereocenters. The normalized spacial score (nSPS) is 10.5. The number of aromatic nitrogens is 2. The standard InChI is InChI=1S/C11H19N3O/c1-3-12-7-6-11(15)5-4-10-8-13-14(2)9-10/h8-9,12H,3-7H2,1-2H3. The van der Waals surface area contributed by atoms with Crippen LogP contribution < -0.4 is 5.32 Å². The first-order valence-corrected chi connectivity index (χ1v) is 5.42. The Morgan fingerprint density at radius 3 is 2.93 bits per heavy atom. The molecule has 15 heavy (non-hydrogen) atoms. The Balaban J connectivity index is 2.16. The zero-order valence-corrected chi connectivity index (χ0v) is 9.49. The predicted molar refractivity (Wildman–Crippen MR) is 59.7 cm³/mol. The summed E-state index contributed by atoms with van der Waals surface area (Å²) in [5.74, 6) is 0.319. The summed E-state index contributed by atoms with van der Waals surface area (Å²) in [5.41, 5.74) is 1.13. The molecule has 1 rings (SSSR count). The summed E-state index contributed by atoms with van der Waals surface area (Å²) in [6.07, 6.45) is 5.83. The van der Waals surface area contributed by atoms with Gasteiger partial charge in [-0.15, -0.1) is 0 Å². The third-order valence-corrected chi connectivity index (χ3v) is 2.28. The average Bonchev–Trinajstić information content (AvgIpc) is 2.62. The van der Waals surface area contributed by atoms with E-state index in [9.17, 15) is 4.79 Å². The highest BCUT2D eigenvalue weighted by Crippen LogP contribution is 2.02. The van der Waals surface area contributed by atoms with Crippen molar-refractivity contribution >= 4 is 5.78 Å². The van der Waals surface area contributed by atoms with Crippen LogP contribution in [-0.4, -0.2) is 28.7 Å². The Kier molecular flexibility index (Phi) is 5.04. The summed E-state index contributed by atoms with van der Waals surface area (Å²) in [6, 6.07) is 0. The molecule has 4 heteroatoms. The van der Waals surface area contributed by atoms with Crippen LogP contribution in [0.15, 0.2) is 12.4 Å². The molecule has 0 radical (unpaired) electrons. The molecule has 0 aliphatic carbocycles. The molecule has 0 amide bonds. The summed E-state index contributed by atoms with van der Waals surface area (Å²) >= 11 is 0. The maximum Gasteiger partial charge on any atom is 0.134 e. The zero-order valence-electron chi connectivity index (χ0n) is 9.49. The number of nitrogens with zero attached hydrogens (tertiary/aromatic N) is 2. The van der Waals surface area contributed by atoms with Gasteiger partial charge in [0.05, 0.1) is 6.20 Å². The Bertz CT molecular complexity index is 307. The molecule has 1 aromatic heterocycles. The van der Waals surface area contributed by atoms with Gasteiger partial charge in [-0.3, -0.25) is 9.48 Å². The molecule has 0 aliphatic heterocycles. The van der Waals surface area contributed by atoms with Gasteiger partial charge in [0.15, 0.2) is 0 Å². The first-order valence-electron chi connectivity index (χ1n) is 5.42. The third-order valence-electron chi connectivity index (χ3n) is 2.28. The molecular weight excluding hydrogens is 190 g/mol. The van der Waals surface area contributed by atoms with Crippen molar-refractivity contribution in [2.24, 2.45) is 7.05 Å². The van der Waals surface area contributed by atoms with E-state index in [1.807, 2.05) is 26.4 Å². The van der Waals surface area contributed by atoms with Gasteiger partial charge in [0.2, 0.25) is 0 Å². The fourth-order valence-corrected chi connectivity index (χ4v) is 1.41. The predicted octanol–water partition coefficient (Wildman–Crippen LogP) is 0.921. The van der Waals surface area contributed by atoms with E-state index < -0.39 is 0 Å². The number of hydrogen-bond acceptors (Lipinski definition) is 3. The molecule has 0 aromatic carbocycles. The summed E-state index contributed by atoms with van der Waals surface area (Å²) in [6.45, 7) is 3.76. The maximum atomic E-state index is 11.4. The van der Waals surface area contributed by atoms with Crippen LogP contribution in [0.25, 0.3) is 0 Å². The van der Waals surface area contributed by atoms with Crippen LogP contribution in [0.5, 0.6) is 0 Å². The van der Waals surface area contributed by atoms with E-state index in [1.54, 1.807) is 4.68 Å². The number of rotatable bonds is 7. The van der Waals surface area contributed by atoms with Crippen LogP contribution >= 0.6 is 0 Å². The lowest BCUT2D eigenvalue weighted by Gasteiger charge is -2.00. The van der Waals surface area contributed by atoms with Crippen molar-refractivity contribution in [1.29, 1.82) is 0 Å². The van der Waals surface area contributed by atoms with Crippen LogP contribution in [0.4, 0.5) is 0 Å². The second-order valence-corrected chi connectivity index (χ2v) is 3.66. The van der Waals surface area contributed by atoms with E-state index in [0.717, 1.165) is 25.1 Å². The highest BCUT2D eigenvalue weighted by molar-refractivity contribution is 5.78. The molecule has 1 heterocycles. The van der Waals surface area contributed by atoms with Crippen LogP contribution in [-0.2, 0) is 18.3 Å². The van der Waals surface area contributed by atoms with Crippen molar-refractivity contribution in [3.63, 3.8) is 0 Å². The van der Waals surface area contributed by atoms with Gasteiger partial charge in [0.25, 0.3) is 0 Å². The van der Waals surface area contributed by atoms with Gasteiger partial charge in [0, 0.05) is 32.6 Å². The number of nitrogens with one attached hydrogen (secondary N) is 1. The van der Waals surface area contributed by atoms with Gasteiger partial charge in [0.1, 0.15) is 5.78 Å². The van der Waals surface area contributed by atoms with Gasteiger partial charge in [-0.05, 0) is 18.5 Å². The van der Waals surface area contributed by atoms with Gasteiger partial charge >= 0.3 is 0 Å². The molecule has 1 aromatic rings. The summed E-state index contributed by atoms with van der Waals surface area (Å²) < 4.78 is 1.76. The SMILES string of the molecule is CCNCCC(=O)CCc1cnn(C)c1. The highest BCUT2D eigenvalue weighted by Gasteiger charge is 2.03. The first kappa shape index (κ1) is 11.9. The molecule has 0 bridgehead atoms. The highest BCUT2D eigenvalue weighted by atomic mass is 16.1. The van der Waals surface area contributed by atoms with E-state index >= 15 is 0 Å². The number of aryl methyl sites for hydroxylation is 2. The van der Waals surface area contributed by atoms with E-state index in [4.69, 9.17) is 0 Å². The monoisotopic (exact) mass is 209 g/mol. The van der Waals surface area contributed by atoms with Gasteiger partial charge in [-0.1, -0.05) is 6.92 Å². The van der Waals surface area contributed by atoms with Crippen molar-refractivity contribution < 1.29 is 4.79 Å². The maximum absolute atomic E-state index is 11.4. The molecule has 0 atom stereocenters. The fourth-order valence-electron chi connectivity index (χ4n) is 1.41. The smallest absolute Gasteiger partial charge is 0.134 e. The van der Waals surface area contributed by atoms with Crippen molar-refractivity contribution in [3.8, 4) is 0 Å². The van der Waals surface area contributed by atoms with Crippen molar-refractivity contribution in [3.05, 3.63) is 18.0 Å². The van der Waals surface area contributed by atoms with E-state index in [1.165, 1.54) is 0 Å². The molecule has 0 saturated carbocycles. The molecule has 0 spiro atoms. The van der Waals surface area contributed by atoms with Crippen LogP contribution in [0, 0.1) is 0 Å². The first-order chi connectivity index (χ1) is 7.22. The van der Waals surface area contributed by atoms with Crippen molar-refractivity contribution in [2.75, 3.05) is 13.1 Å². The van der Waals surface area contributed by atoms with E-state index in [-0.39, 0.29) is 0 Å². The lowest BCUT2D eigenvalue weighted by Crippen LogP contribution is -2.17. The molecule has 0 saturated heterocycles. The zero-order chi connectivity index (χ0) is 11.1. The third kappa shape index (κ3) is 4.74. The molecule has 1 N–H and O–H groups in total.